The number of rotatable bonds is 5. The SMILES string of the molecule is Cc1cc(C)c2c(CC(=O)NCCn3ccnn3)coc2c1. The Balaban J connectivity index is 1.64. The Labute approximate surface area is 128 Å². The Kier molecular flexibility index (Phi) is 3.91. The number of benzene rings is 1. The van der Waals surface area contributed by atoms with Gasteiger partial charge in [0.05, 0.1) is 25.4 Å². The van der Waals surface area contributed by atoms with Crippen molar-refractivity contribution < 1.29 is 9.21 Å². The molecule has 114 valence electrons. The molecule has 0 aliphatic carbocycles. The molecule has 0 aliphatic heterocycles. The highest BCUT2D eigenvalue weighted by molar-refractivity contribution is 5.90. The second kappa shape index (κ2) is 6.01. The zero-order valence-electron chi connectivity index (χ0n) is 12.7. The Morgan fingerprint density at radius 2 is 2.23 bits per heavy atom. The van der Waals surface area contributed by atoms with E-state index in [0.29, 0.717) is 19.5 Å². The molecule has 0 spiro atoms. The van der Waals surface area contributed by atoms with Crippen LogP contribution in [0.5, 0.6) is 0 Å². The van der Waals surface area contributed by atoms with Crippen LogP contribution in [0, 0.1) is 13.8 Å². The number of hydrogen-bond donors (Lipinski definition) is 1. The molecule has 3 rings (SSSR count). The third kappa shape index (κ3) is 3.00. The average Bonchev–Trinajstić information content (AvgIpc) is 3.09. The van der Waals surface area contributed by atoms with Gasteiger partial charge in [0, 0.05) is 23.7 Å². The minimum atomic E-state index is -0.0252. The molecule has 0 saturated heterocycles. The van der Waals surface area contributed by atoms with Gasteiger partial charge in [-0.15, -0.1) is 5.10 Å². The van der Waals surface area contributed by atoms with E-state index in [1.165, 1.54) is 0 Å². The zero-order chi connectivity index (χ0) is 15.5. The summed E-state index contributed by atoms with van der Waals surface area (Å²) >= 11 is 0. The maximum Gasteiger partial charge on any atom is 0.224 e. The van der Waals surface area contributed by atoms with E-state index in [1.807, 2.05) is 19.9 Å². The molecular formula is C16H18N4O2. The molecule has 1 amide bonds. The van der Waals surface area contributed by atoms with E-state index in [-0.39, 0.29) is 5.91 Å². The van der Waals surface area contributed by atoms with Crippen molar-refractivity contribution in [3.05, 3.63) is 47.5 Å². The highest BCUT2D eigenvalue weighted by Crippen LogP contribution is 2.26. The van der Waals surface area contributed by atoms with E-state index in [4.69, 9.17) is 4.42 Å². The third-order valence-corrected chi connectivity index (χ3v) is 3.58. The van der Waals surface area contributed by atoms with Crippen LogP contribution in [-0.2, 0) is 17.8 Å². The van der Waals surface area contributed by atoms with Gasteiger partial charge in [-0.05, 0) is 31.0 Å². The van der Waals surface area contributed by atoms with Crippen molar-refractivity contribution in [2.75, 3.05) is 6.54 Å². The number of amides is 1. The van der Waals surface area contributed by atoms with Crippen LogP contribution in [-0.4, -0.2) is 27.4 Å². The fraction of sp³-hybridized carbons (Fsp3) is 0.312. The average molecular weight is 298 g/mol. The summed E-state index contributed by atoms with van der Waals surface area (Å²) in [5.41, 5.74) is 4.05. The molecule has 3 aromatic rings. The summed E-state index contributed by atoms with van der Waals surface area (Å²) in [5, 5.41) is 11.5. The van der Waals surface area contributed by atoms with Crippen LogP contribution < -0.4 is 5.32 Å². The number of furan rings is 1. The number of carbonyl (C=O) groups is 1. The Morgan fingerprint density at radius 3 is 3.00 bits per heavy atom. The molecule has 0 fully saturated rings. The van der Waals surface area contributed by atoms with Gasteiger partial charge in [0.1, 0.15) is 5.58 Å². The number of carbonyl (C=O) groups excluding carboxylic acids is 1. The van der Waals surface area contributed by atoms with Gasteiger partial charge in [-0.3, -0.25) is 9.48 Å². The summed E-state index contributed by atoms with van der Waals surface area (Å²) in [7, 11) is 0. The predicted molar refractivity (Wildman–Crippen MR) is 82.4 cm³/mol. The second-order valence-electron chi connectivity index (χ2n) is 5.41. The normalized spacial score (nSPS) is 11.0. The Morgan fingerprint density at radius 1 is 1.36 bits per heavy atom. The van der Waals surface area contributed by atoms with E-state index in [0.717, 1.165) is 27.7 Å². The van der Waals surface area contributed by atoms with Crippen LogP contribution in [0.15, 0.2) is 35.2 Å². The summed E-state index contributed by atoms with van der Waals surface area (Å²) < 4.78 is 7.25. The minimum absolute atomic E-state index is 0.0252. The monoisotopic (exact) mass is 298 g/mol. The molecule has 1 aromatic carbocycles. The molecule has 0 aliphatic rings. The maximum atomic E-state index is 12.1. The highest BCUT2D eigenvalue weighted by atomic mass is 16.3. The van der Waals surface area contributed by atoms with Gasteiger partial charge in [0.15, 0.2) is 0 Å². The minimum Gasteiger partial charge on any atom is -0.464 e. The lowest BCUT2D eigenvalue weighted by Crippen LogP contribution is -2.28. The van der Waals surface area contributed by atoms with Crippen LogP contribution in [0.1, 0.15) is 16.7 Å². The lowest BCUT2D eigenvalue weighted by molar-refractivity contribution is -0.120. The molecule has 2 heterocycles. The van der Waals surface area contributed by atoms with Gasteiger partial charge in [-0.1, -0.05) is 11.3 Å². The number of aromatic nitrogens is 3. The lowest BCUT2D eigenvalue weighted by atomic mass is 10.0. The van der Waals surface area contributed by atoms with E-state index >= 15 is 0 Å². The molecule has 6 nitrogen and oxygen atoms in total. The summed E-state index contributed by atoms with van der Waals surface area (Å²) in [5.74, 6) is -0.0252. The maximum absolute atomic E-state index is 12.1. The molecule has 0 unspecified atom stereocenters. The standard InChI is InChI=1S/C16H18N4O2/c1-11-7-12(2)16-13(10-22-14(16)8-11)9-15(21)17-3-5-20-6-4-18-19-20/h4,6-8,10H,3,5,9H2,1-2H3,(H,17,21). The molecular weight excluding hydrogens is 280 g/mol. The van der Waals surface area contributed by atoms with Crippen LogP contribution >= 0.6 is 0 Å². The molecule has 2 aromatic heterocycles. The smallest absolute Gasteiger partial charge is 0.224 e. The van der Waals surface area contributed by atoms with Crippen molar-refractivity contribution in [1.29, 1.82) is 0 Å². The third-order valence-electron chi connectivity index (χ3n) is 3.58. The van der Waals surface area contributed by atoms with Gasteiger partial charge in [0.2, 0.25) is 5.91 Å². The number of nitrogens with one attached hydrogen (secondary N) is 1. The van der Waals surface area contributed by atoms with Crippen molar-refractivity contribution >= 4 is 16.9 Å². The van der Waals surface area contributed by atoms with Gasteiger partial charge in [0.25, 0.3) is 0 Å². The Hall–Kier alpha value is -2.63. The van der Waals surface area contributed by atoms with Gasteiger partial charge < -0.3 is 9.73 Å². The van der Waals surface area contributed by atoms with Gasteiger partial charge >= 0.3 is 0 Å². The highest BCUT2D eigenvalue weighted by Gasteiger charge is 2.12. The molecule has 6 heteroatoms. The van der Waals surface area contributed by atoms with E-state index in [2.05, 4.69) is 21.7 Å². The number of aryl methyl sites for hydroxylation is 2. The molecule has 0 saturated carbocycles. The zero-order valence-corrected chi connectivity index (χ0v) is 12.7. The van der Waals surface area contributed by atoms with Crippen molar-refractivity contribution in [3.8, 4) is 0 Å². The van der Waals surface area contributed by atoms with Crippen LogP contribution in [0.4, 0.5) is 0 Å². The molecule has 0 radical (unpaired) electrons. The van der Waals surface area contributed by atoms with Crippen LogP contribution in [0.2, 0.25) is 0 Å². The summed E-state index contributed by atoms with van der Waals surface area (Å²) in [4.78, 5) is 12.1. The van der Waals surface area contributed by atoms with E-state index < -0.39 is 0 Å². The first-order valence-electron chi connectivity index (χ1n) is 7.21. The first kappa shape index (κ1) is 14.3. The van der Waals surface area contributed by atoms with Crippen molar-refractivity contribution in [2.24, 2.45) is 0 Å². The first-order chi connectivity index (χ1) is 10.6. The van der Waals surface area contributed by atoms with E-state index in [9.17, 15) is 4.79 Å². The van der Waals surface area contributed by atoms with Crippen LogP contribution in [0.25, 0.3) is 11.0 Å². The topological polar surface area (TPSA) is 73.0 Å². The largest absolute Gasteiger partial charge is 0.464 e. The van der Waals surface area contributed by atoms with Crippen molar-refractivity contribution in [2.45, 2.75) is 26.8 Å². The number of fused-ring (bicyclic) bond motifs is 1. The van der Waals surface area contributed by atoms with Crippen molar-refractivity contribution in [3.63, 3.8) is 0 Å². The predicted octanol–water partition coefficient (Wildman–Crippen LogP) is 2.00. The van der Waals surface area contributed by atoms with E-state index in [1.54, 1.807) is 23.3 Å². The fourth-order valence-electron chi connectivity index (χ4n) is 2.65. The molecule has 22 heavy (non-hydrogen) atoms. The summed E-state index contributed by atoms with van der Waals surface area (Å²) in [6, 6.07) is 4.10. The quantitative estimate of drug-likeness (QED) is 0.782. The fourth-order valence-corrected chi connectivity index (χ4v) is 2.65. The Bertz CT molecular complexity index is 790. The molecule has 0 bridgehead atoms. The number of nitrogens with zero attached hydrogens (tertiary/aromatic N) is 3. The van der Waals surface area contributed by atoms with Crippen molar-refractivity contribution in [1.82, 2.24) is 20.3 Å². The lowest BCUT2D eigenvalue weighted by Gasteiger charge is -2.05. The molecule has 0 atom stereocenters. The number of hydrogen-bond acceptors (Lipinski definition) is 4. The summed E-state index contributed by atoms with van der Waals surface area (Å²) in [6.45, 7) is 5.20. The first-order valence-corrected chi connectivity index (χ1v) is 7.21. The van der Waals surface area contributed by atoms with Gasteiger partial charge in [-0.25, -0.2) is 0 Å². The summed E-state index contributed by atoms with van der Waals surface area (Å²) in [6.07, 6.45) is 5.37. The molecule has 1 N–H and O–H groups in total. The second-order valence-corrected chi connectivity index (χ2v) is 5.41. The van der Waals surface area contributed by atoms with Gasteiger partial charge in [-0.2, -0.15) is 0 Å². The van der Waals surface area contributed by atoms with Crippen LogP contribution in [0.3, 0.4) is 0 Å².